The second kappa shape index (κ2) is 13.4. The normalized spacial score (nSPS) is 16.1. The number of allylic oxidation sites excluding steroid dienone is 1. The summed E-state index contributed by atoms with van der Waals surface area (Å²) in [5.74, 6) is 0.103. The lowest BCUT2D eigenvalue weighted by Crippen LogP contribution is -2.11. The highest BCUT2D eigenvalue weighted by atomic mass is 32.1. The molecule has 0 saturated heterocycles. The van der Waals surface area contributed by atoms with Crippen molar-refractivity contribution in [1.82, 2.24) is 4.57 Å². The highest BCUT2D eigenvalue weighted by Gasteiger charge is 2.29. The van der Waals surface area contributed by atoms with Gasteiger partial charge in [0.15, 0.2) is 0 Å². The Morgan fingerprint density at radius 3 is 2.11 bits per heavy atom. The lowest BCUT2D eigenvalue weighted by atomic mass is 9.84. The quantitative estimate of drug-likeness (QED) is 0.174. The van der Waals surface area contributed by atoms with E-state index in [1.165, 1.54) is 80.2 Å². The van der Waals surface area contributed by atoms with Crippen molar-refractivity contribution < 1.29 is 4.42 Å². The fraction of sp³-hybridized carbons (Fsp3) is 0.0702. The van der Waals surface area contributed by atoms with Crippen LogP contribution in [0.1, 0.15) is 36.1 Å². The molecule has 0 radical (unpaired) electrons. The smallest absolute Gasteiger partial charge is 0.138 e. The van der Waals surface area contributed by atoms with Gasteiger partial charge in [-0.05, 0) is 92.8 Å². The Balaban J connectivity index is 1.08. The van der Waals surface area contributed by atoms with E-state index in [-0.39, 0.29) is 12.0 Å². The number of aromatic nitrogens is 1. The fourth-order valence-corrected chi connectivity index (χ4v) is 11.3. The van der Waals surface area contributed by atoms with E-state index in [4.69, 9.17) is 9.41 Å². The number of fused-ring (bicyclic) bond motifs is 11. The van der Waals surface area contributed by atoms with E-state index in [0.717, 1.165) is 38.9 Å². The molecule has 4 heterocycles. The topological polar surface area (TPSA) is 30.4 Å². The van der Waals surface area contributed by atoms with Crippen LogP contribution in [0.2, 0.25) is 0 Å². The summed E-state index contributed by atoms with van der Waals surface area (Å²) < 4.78 is 11.9. The van der Waals surface area contributed by atoms with Crippen molar-refractivity contribution in [3.63, 3.8) is 0 Å². The first-order valence-electron chi connectivity index (χ1n) is 21.2. The standard InChI is InChI=1S/C57H38N2OS/c1-34-42(39-23-22-35-12-2-3-13-36(35)28-39)25-26-49(58-57(34)40-24-27-55-47(30-40)44-17-8-11-21-54(44)61-55)48-32-41(33-53-56(48)45-18-7-10-20-52(45)60-53)59-50-19-9-6-16-43(50)46-29-37-14-4-5-15-38(37)31-51(46)59/h2-25,27-34,57H,26H2,1H3/t34-,57?/m0/s1. The molecule has 2 atom stereocenters. The molecule has 0 bridgehead atoms. The molecule has 1 aliphatic rings. The summed E-state index contributed by atoms with van der Waals surface area (Å²) in [5, 5.41) is 12.2. The van der Waals surface area contributed by atoms with Crippen molar-refractivity contribution in [2.24, 2.45) is 10.9 Å². The number of hydrogen-bond donors (Lipinski definition) is 0. The van der Waals surface area contributed by atoms with E-state index >= 15 is 0 Å². The number of para-hydroxylation sites is 2. The van der Waals surface area contributed by atoms with Gasteiger partial charge in [0.25, 0.3) is 0 Å². The van der Waals surface area contributed by atoms with Gasteiger partial charge >= 0.3 is 0 Å². The lowest BCUT2D eigenvalue weighted by Gasteiger charge is -2.24. The zero-order valence-corrected chi connectivity index (χ0v) is 34.3. The number of furan rings is 1. The van der Waals surface area contributed by atoms with Crippen molar-refractivity contribution >= 4 is 108 Å². The van der Waals surface area contributed by atoms with Gasteiger partial charge in [-0.1, -0.05) is 134 Å². The fourth-order valence-electron chi connectivity index (χ4n) is 10.2. The lowest BCUT2D eigenvalue weighted by molar-refractivity contribution is 0.588. The summed E-state index contributed by atoms with van der Waals surface area (Å²) in [4.78, 5) is 5.95. The van der Waals surface area contributed by atoms with Crippen LogP contribution in [0, 0.1) is 5.92 Å². The zero-order chi connectivity index (χ0) is 40.2. The average Bonchev–Trinajstić information content (AvgIpc) is 3.94. The Bertz CT molecular complexity index is 3840. The third-order valence-corrected chi connectivity index (χ3v) is 14.3. The van der Waals surface area contributed by atoms with E-state index in [0.29, 0.717) is 6.42 Å². The van der Waals surface area contributed by atoms with Crippen LogP contribution in [0.4, 0.5) is 0 Å². The molecule has 13 rings (SSSR count). The first-order chi connectivity index (χ1) is 30.1. The summed E-state index contributed by atoms with van der Waals surface area (Å²) in [6.45, 7) is 2.37. The molecule has 0 N–H and O–H groups in total. The Hall–Kier alpha value is -7.27. The highest BCUT2D eigenvalue weighted by molar-refractivity contribution is 7.25. The van der Waals surface area contributed by atoms with Crippen LogP contribution >= 0.6 is 11.3 Å². The van der Waals surface area contributed by atoms with Crippen LogP contribution in [0.25, 0.3) is 96.7 Å². The van der Waals surface area contributed by atoms with Crippen molar-refractivity contribution in [3.8, 4) is 5.69 Å². The third kappa shape index (κ3) is 5.39. The van der Waals surface area contributed by atoms with Crippen LogP contribution < -0.4 is 0 Å². The molecular formula is C57H38N2OS. The van der Waals surface area contributed by atoms with Gasteiger partial charge < -0.3 is 8.98 Å². The number of aliphatic imine (C=N–C) groups is 1. The van der Waals surface area contributed by atoms with Gasteiger partial charge in [0.05, 0.1) is 22.8 Å². The first kappa shape index (κ1) is 34.6. The maximum Gasteiger partial charge on any atom is 0.138 e. The van der Waals surface area contributed by atoms with Crippen molar-refractivity contribution in [1.29, 1.82) is 0 Å². The second-order valence-corrected chi connectivity index (χ2v) is 17.7. The number of rotatable bonds is 4. The van der Waals surface area contributed by atoms with Crippen LogP contribution in [-0.2, 0) is 0 Å². The maximum atomic E-state index is 6.81. The molecule has 9 aromatic carbocycles. The van der Waals surface area contributed by atoms with Gasteiger partial charge in [-0.15, -0.1) is 11.3 Å². The minimum Gasteiger partial charge on any atom is -0.456 e. The Labute approximate surface area is 356 Å². The molecule has 0 spiro atoms. The predicted molar refractivity (Wildman–Crippen MR) is 260 cm³/mol. The van der Waals surface area contributed by atoms with Crippen LogP contribution in [-0.4, -0.2) is 10.3 Å². The van der Waals surface area contributed by atoms with Gasteiger partial charge in [0.1, 0.15) is 11.2 Å². The highest BCUT2D eigenvalue weighted by Crippen LogP contribution is 2.45. The molecule has 1 aliphatic heterocycles. The molecule has 1 unspecified atom stereocenters. The summed E-state index contributed by atoms with van der Waals surface area (Å²) in [5.41, 5.74) is 11.1. The molecule has 0 aliphatic carbocycles. The molecule has 288 valence electrons. The Morgan fingerprint density at radius 1 is 0.541 bits per heavy atom. The molecular weight excluding hydrogens is 761 g/mol. The minimum atomic E-state index is -0.130. The first-order valence-corrected chi connectivity index (χ1v) is 22.0. The number of hydrogen-bond acceptors (Lipinski definition) is 3. The minimum absolute atomic E-state index is 0.103. The van der Waals surface area contributed by atoms with E-state index in [9.17, 15) is 0 Å². The van der Waals surface area contributed by atoms with E-state index in [1.807, 2.05) is 11.3 Å². The second-order valence-electron chi connectivity index (χ2n) is 16.6. The maximum absolute atomic E-state index is 6.81. The van der Waals surface area contributed by atoms with E-state index < -0.39 is 0 Å². The third-order valence-electron chi connectivity index (χ3n) is 13.2. The summed E-state index contributed by atoms with van der Waals surface area (Å²) >= 11 is 1.86. The molecule has 4 heteroatoms. The Morgan fingerprint density at radius 2 is 1.25 bits per heavy atom. The van der Waals surface area contributed by atoms with Crippen molar-refractivity contribution in [2.75, 3.05) is 0 Å². The van der Waals surface area contributed by atoms with Crippen LogP contribution in [0.5, 0.6) is 0 Å². The monoisotopic (exact) mass is 798 g/mol. The summed E-state index contributed by atoms with van der Waals surface area (Å²) in [7, 11) is 0. The molecule has 12 aromatic rings. The average molecular weight is 799 g/mol. The van der Waals surface area contributed by atoms with Gasteiger partial charge in [0, 0.05) is 71.4 Å². The Kier molecular flexibility index (Phi) is 7.58. The molecule has 3 nitrogen and oxygen atoms in total. The van der Waals surface area contributed by atoms with Gasteiger partial charge in [-0.2, -0.15) is 0 Å². The van der Waals surface area contributed by atoms with Crippen molar-refractivity contribution in [3.05, 3.63) is 205 Å². The SMILES string of the molecule is C[C@H]1C(c2ccc3ccccc3c2)=CCC(c2cc(-n3c4ccccc4c4cc5ccccc5cc43)cc3oc4ccccc4c23)=NC1c1ccc2sc3ccccc3c2c1. The molecule has 0 saturated carbocycles. The molecule has 0 fully saturated rings. The number of thiophene rings is 1. The van der Waals surface area contributed by atoms with E-state index in [2.05, 4.69) is 200 Å². The van der Waals surface area contributed by atoms with Gasteiger partial charge in [0.2, 0.25) is 0 Å². The molecule has 61 heavy (non-hydrogen) atoms. The van der Waals surface area contributed by atoms with Crippen molar-refractivity contribution in [2.45, 2.75) is 19.4 Å². The molecule has 0 amide bonds. The number of benzene rings is 9. The zero-order valence-electron chi connectivity index (χ0n) is 33.5. The van der Waals surface area contributed by atoms with E-state index in [1.54, 1.807) is 0 Å². The van der Waals surface area contributed by atoms with Gasteiger partial charge in [-0.3, -0.25) is 4.99 Å². The summed E-state index contributed by atoms with van der Waals surface area (Å²) in [6, 6.07) is 66.5. The largest absolute Gasteiger partial charge is 0.456 e. The number of nitrogens with zero attached hydrogens (tertiary/aromatic N) is 2. The van der Waals surface area contributed by atoms with Crippen LogP contribution in [0.3, 0.4) is 0 Å². The predicted octanol–water partition coefficient (Wildman–Crippen LogP) is 16.0. The van der Waals surface area contributed by atoms with Gasteiger partial charge in [-0.25, -0.2) is 0 Å². The van der Waals surface area contributed by atoms with Crippen LogP contribution in [0.15, 0.2) is 197 Å². The summed E-state index contributed by atoms with van der Waals surface area (Å²) in [6.07, 6.45) is 3.14. The molecule has 3 aromatic heterocycles.